The topological polar surface area (TPSA) is 244 Å². The van der Waals surface area contributed by atoms with Gasteiger partial charge >= 0.3 is 29.8 Å². The van der Waals surface area contributed by atoms with E-state index in [1.165, 1.54) is 48.5 Å². The van der Waals surface area contributed by atoms with Crippen molar-refractivity contribution in [3.05, 3.63) is 323 Å². The van der Waals surface area contributed by atoms with Crippen molar-refractivity contribution in [1.29, 1.82) is 0 Å². The molecule has 3 aliphatic rings. The van der Waals surface area contributed by atoms with Crippen LogP contribution in [-0.4, -0.2) is 155 Å². The molecule has 3 fully saturated rings. The summed E-state index contributed by atoms with van der Waals surface area (Å²) in [7, 11) is -2.91. The van der Waals surface area contributed by atoms with E-state index in [0.717, 1.165) is 22.3 Å². The highest BCUT2D eigenvalue weighted by atomic mass is 28.4. The smallest absolute Gasteiger partial charge is 0.338 e. The minimum atomic E-state index is -2.91. The van der Waals surface area contributed by atoms with Crippen LogP contribution in [0.2, 0.25) is 18.1 Å². The van der Waals surface area contributed by atoms with Crippen molar-refractivity contribution >= 4 is 38.2 Å². The second-order valence-corrected chi connectivity index (χ2v) is 32.9. The molecular formula is C87H90O21Si. The van der Waals surface area contributed by atoms with Crippen molar-refractivity contribution in [2.75, 3.05) is 19.8 Å². The summed E-state index contributed by atoms with van der Waals surface area (Å²) in [6.45, 7) is 9.38. The van der Waals surface area contributed by atoms with Gasteiger partial charge in [0.2, 0.25) is 0 Å². The molecule has 3 aliphatic heterocycles. The molecule has 0 unspecified atom stereocenters. The first kappa shape index (κ1) is 78.7. The van der Waals surface area contributed by atoms with Crippen LogP contribution >= 0.6 is 0 Å². The molecule has 9 aromatic rings. The lowest BCUT2D eigenvalue weighted by molar-refractivity contribution is -0.381. The number of ether oxygens (including phenoxy) is 14. The maximum atomic E-state index is 15.5. The maximum absolute atomic E-state index is 15.5. The molecule has 12 rings (SSSR count). The number of benzene rings is 9. The Kier molecular flexibility index (Phi) is 27.4. The van der Waals surface area contributed by atoms with E-state index in [9.17, 15) is 19.5 Å². The third kappa shape index (κ3) is 21.1. The first-order valence-electron chi connectivity index (χ1n) is 36.4. The molecule has 9 aromatic carbocycles. The summed E-state index contributed by atoms with van der Waals surface area (Å²) >= 11 is 0. The molecule has 568 valence electrons. The monoisotopic (exact) mass is 1500 g/mol. The van der Waals surface area contributed by atoms with E-state index in [4.69, 9.17) is 70.7 Å². The van der Waals surface area contributed by atoms with Crippen LogP contribution in [-0.2, 0) is 97.2 Å². The summed E-state index contributed by atoms with van der Waals surface area (Å²) in [4.78, 5) is 74.2. The maximum Gasteiger partial charge on any atom is 0.338 e. The number of aliphatic hydroxyl groups is 1. The molecule has 109 heavy (non-hydrogen) atoms. The normalized spacial score (nSPS) is 24.2. The molecule has 1 N–H and O–H groups in total. The molecule has 15 atom stereocenters. The van der Waals surface area contributed by atoms with E-state index in [0.29, 0.717) is 0 Å². The predicted molar refractivity (Wildman–Crippen MR) is 402 cm³/mol. The van der Waals surface area contributed by atoms with E-state index in [2.05, 4.69) is 20.8 Å². The van der Waals surface area contributed by atoms with Crippen molar-refractivity contribution in [3.63, 3.8) is 0 Å². The van der Waals surface area contributed by atoms with Crippen LogP contribution in [0.4, 0.5) is 0 Å². The van der Waals surface area contributed by atoms with E-state index in [1.54, 1.807) is 103 Å². The number of esters is 5. The van der Waals surface area contributed by atoms with Gasteiger partial charge in [0.1, 0.15) is 55.4 Å². The van der Waals surface area contributed by atoms with Crippen molar-refractivity contribution < 1.29 is 99.8 Å². The molecule has 22 heteroatoms. The molecule has 3 saturated heterocycles. The fourth-order valence-corrected chi connectivity index (χ4v) is 13.6. The Morgan fingerprint density at radius 1 is 0.330 bits per heavy atom. The Bertz CT molecular complexity index is 4300. The van der Waals surface area contributed by atoms with E-state index in [-0.39, 0.29) is 67.5 Å². The largest absolute Gasteiger partial charge is 0.459 e. The quantitative estimate of drug-likeness (QED) is 0.0241. The second kappa shape index (κ2) is 38.0. The summed E-state index contributed by atoms with van der Waals surface area (Å²) in [6.07, 6.45) is -24.3. The lowest BCUT2D eigenvalue weighted by atomic mass is 9.95. The lowest BCUT2D eigenvalue weighted by Gasteiger charge is -2.51. The SMILES string of the molecule is CC(C)(C)[Si](C)(C)OC[C@H]1O[C@@H](O[C@H]2[C@H](OC(=O)c3ccccc3)[C@@H](OC(=O)c3ccccc3)[C@H](O)O[C@@H]2COC(=O)c2ccccc2)[C@H](OC(=O)c2ccccc2)[C@@H](OC(=O)c2ccccc2)[C@H]1O[C@H]1O[C@H](COCc2ccccc2)[C@H](OCc2ccccc2)[C@H](OCc2ccccc2)[C@H]1OCc1ccccc1. The van der Waals surface area contributed by atoms with Gasteiger partial charge < -0.3 is 75.8 Å². The second-order valence-electron chi connectivity index (χ2n) is 28.1. The van der Waals surface area contributed by atoms with Crippen molar-refractivity contribution in [2.24, 2.45) is 0 Å². The number of hydrogen-bond acceptors (Lipinski definition) is 21. The van der Waals surface area contributed by atoms with Crippen LogP contribution in [0.15, 0.2) is 273 Å². The van der Waals surface area contributed by atoms with Crippen LogP contribution in [0.25, 0.3) is 0 Å². The van der Waals surface area contributed by atoms with Crippen LogP contribution in [0.1, 0.15) is 94.8 Å². The standard InChI is InChI=1S/C87H90O21Si/c1-87(2,3)109(4,5)99-57-69-72(107-85-77(97-54-61-39-21-9-22-40-61)73(96-53-60-37-19-8-20-38-60)70(95-52-59-35-17-7-18-36-59)67(101-85)55-94-51-58-33-15-6-16-34-58)75(104-81(90)64-45-27-12-28-46-64)78(106-83(92)66-49-31-14-32-50-66)86(102-69)108-71-68(56-98-79(88)62-41-23-10-24-42-62)100-84(93)76(105-82(91)65-47-29-13-30-48-65)74(71)103-80(89)63-43-25-11-26-44-63/h6-50,67-78,84-86,93H,51-57H2,1-5H3/t67-,68-,69-,70+,71-,72+,73+,74+,75+,76-,77-,78-,84-,85-,86+/m1/s1. The molecule has 21 nitrogen and oxygen atoms in total. The fourth-order valence-electron chi connectivity index (χ4n) is 12.6. The average molecular weight is 1500 g/mol. The minimum Gasteiger partial charge on any atom is -0.459 e. The van der Waals surface area contributed by atoms with Gasteiger partial charge in [0.05, 0.1) is 67.5 Å². The Hall–Kier alpha value is -9.89. The van der Waals surface area contributed by atoms with Gasteiger partial charge in [-0.2, -0.15) is 0 Å². The van der Waals surface area contributed by atoms with Gasteiger partial charge in [0.25, 0.3) is 0 Å². The third-order valence-corrected chi connectivity index (χ3v) is 23.9. The zero-order valence-corrected chi connectivity index (χ0v) is 62.2. The van der Waals surface area contributed by atoms with Gasteiger partial charge in [0.15, 0.2) is 51.6 Å². The highest BCUT2D eigenvalue weighted by Crippen LogP contribution is 2.42. The van der Waals surface area contributed by atoms with Crippen LogP contribution in [0.5, 0.6) is 0 Å². The molecule has 0 spiro atoms. The summed E-state index contributed by atoms with van der Waals surface area (Å²) in [6, 6.07) is 78.4. The molecule has 0 aliphatic carbocycles. The van der Waals surface area contributed by atoms with Crippen molar-refractivity contribution in [2.45, 2.75) is 157 Å². The summed E-state index contributed by atoms with van der Waals surface area (Å²) in [5.74, 6) is -4.66. The predicted octanol–water partition coefficient (Wildman–Crippen LogP) is 13.7. The Morgan fingerprint density at radius 2 is 0.633 bits per heavy atom. The Morgan fingerprint density at radius 3 is 1.03 bits per heavy atom. The first-order chi connectivity index (χ1) is 52.9. The minimum absolute atomic E-state index is 0.0170. The van der Waals surface area contributed by atoms with Crippen LogP contribution < -0.4 is 0 Å². The summed E-state index contributed by atoms with van der Waals surface area (Å²) in [5.41, 5.74) is 3.67. The van der Waals surface area contributed by atoms with E-state index >= 15 is 9.59 Å². The molecule has 0 saturated carbocycles. The Balaban J connectivity index is 1.03. The van der Waals surface area contributed by atoms with Crippen LogP contribution in [0, 0.1) is 0 Å². The molecule has 0 bridgehead atoms. The zero-order valence-electron chi connectivity index (χ0n) is 61.2. The van der Waals surface area contributed by atoms with Gasteiger partial charge in [-0.05, 0) is 101 Å². The molecule has 0 aromatic heterocycles. The number of carbonyl (C=O) groups excluding carboxylic acids is 5. The van der Waals surface area contributed by atoms with Gasteiger partial charge in [-0.25, -0.2) is 24.0 Å². The summed E-state index contributed by atoms with van der Waals surface area (Å²) < 4.78 is 104. The highest BCUT2D eigenvalue weighted by molar-refractivity contribution is 6.74. The molecule has 0 radical (unpaired) electrons. The van der Waals surface area contributed by atoms with Crippen molar-refractivity contribution in [3.8, 4) is 0 Å². The zero-order chi connectivity index (χ0) is 76.1. The number of hydrogen-bond donors (Lipinski definition) is 1. The van der Waals surface area contributed by atoms with E-state index in [1.807, 2.05) is 134 Å². The fraction of sp³-hybridized carbons (Fsp3) is 0.322. The van der Waals surface area contributed by atoms with Gasteiger partial charge in [0, 0.05) is 0 Å². The van der Waals surface area contributed by atoms with Crippen molar-refractivity contribution in [1.82, 2.24) is 0 Å². The molecule has 0 amide bonds. The van der Waals surface area contributed by atoms with Gasteiger partial charge in [-0.15, -0.1) is 0 Å². The number of aliphatic hydroxyl groups excluding tert-OH is 1. The van der Waals surface area contributed by atoms with Gasteiger partial charge in [-0.3, -0.25) is 0 Å². The highest BCUT2D eigenvalue weighted by Gasteiger charge is 2.60. The van der Waals surface area contributed by atoms with E-state index < -0.39 is 142 Å². The number of rotatable bonds is 31. The Labute approximate surface area is 635 Å². The molecular weight excluding hydrogens is 1410 g/mol. The lowest BCUT2D eigenvalue weighted by Crippen LogP contribution is -2.69. The third-order valence-electron chi connectivity index (χ3n) is 19.4. The number of carbonyl (C=O) groups is 5. The average Bonchev–Trinajstić information content (AvgIpc) is 0.760. The van der Waals surface area contributed by atoms with Crippen LogP contribution in [0.3, 0.4) is 0 Å². The first-order valence-corrected chi connectivity index (χ1v) is 39.3. The molecule has 3 heterocycles. The van der Waals surface area contributed by atoms with Gasteiger partial charge in [-0.1, -0.05) is 233 Å². The summed E-state index contributed by atoms with van der Waals surface area (Å²) in [5, 5.41) is 11.9.